The van der Waals surface area contributed by atoms with Crippen molar-refractivity contribution in [1.29, 1.82) is 0 Å². The maximum Gasteiger partial charge on any atom is 0.410 e. The summed E-state index contributed by atoms with van der Waals surface area (Å²) in [5.74, 6) is -0.478. The highest BCUT2D eigenvalue weighted by Gasteiger charge is 2.32. The van der Waals surface area contributed by atoms with Crippen LogP contribution in [0.25, 0.3) is 10.1 Å². The fourth-order valence-corrected chi connectivity index (χ4v) is 3.99. The van der Waals surface area contributed by atoms with E-state index in [1.165, 1.54) is 11.3 Å². The molecule has 0 unspecified atom stereocenters. The number of primary amides is 1. The molecule has 1 aliphatic heterocycles. The summed E-state index contributed by atoms with van der Waals surface area (Å²) in [5.41, 5.74) is 5.78. The van der Waals surface area contributed by atoms with Crippen molar-refractivity contribution in [3.05, 3.63) is 34.7 Å². The number of nitrogens with zero attached hydrogens (tertiary/aromatic N) is 1. The molecule has 134 valence electrons. The molecule has 3 rings (SSSR count). The van der Waals surface area contributed by atoms with Crippen LogP contribution in [0.2, 0.25) is 0 Å². The lowest BCUT2D eigenvalue weighted by molar-refractivity contribution is -0.0428. The van der Waals surface area contributed by atoms with Crippen molar-refractivity contribution in [3.63, 3.8) is 0 Å². The van der Waals surface area contributed by atoms with E-state index in [1.807, 2.05) is 45.0 Å². The van der Waals surface area contributed by atoms with E-state index < -0.39 is 17.6 Å². The van der Waals surface area contributed by atoms with E-state index in [0.717, 1.165) is 15.6 Å². The number of benzene rings is 1. The van der Waals surface area contributed by atoms with Crippen molar-refractivity contribution in [1.82, 2.24) is 4.90 Å². The van der Waals surface area contributed by atoms with Crippen molar-refractivity contribution in [2.45, 2.75) is 32.5 Å². The highest BCUT2D eigenvalue weighted by atomic mass is 32.1. The zero-order valence-corrected chi connectivity index (χ0v) is 15.4. The van der Waals surface area contributed by atoms with Gasteiger partial charge in [0, 0.05) is 16.8 Å². The Labute approximate surface area is 150 Å². The average molecular weight is 362 g/mol. The van der Waals surface area contributed by atoms with Crippen LogP contribution in [-0.4, -0.2) is 42.2 Å². The fourth-order valence-electron chi connectivity index (χ4n) is 2.88. The summed E-state index contributed by atoms with van der Waals surface area (Å²) in [6, 6.07) is 7.73. The fraction of sp³-hybridized carbons (Fsp3) is 0.444. The number of ether oxygens (including phenoxy) is 2. The number of amides is 2. The molecular weight excluding hydrogens is 340 g/mol. The first kappa shape index (κ1) is 17.7. The Hall–Kier alpha value is -2.12. The topological polar surface area (TPSA) is 81.9 Å². The van der Waals surface area contributed by atoms with Gasteiger partial charge in [-0.05, 0) is 32.2 Å². The number of hydrogen-bond acceptors (Lipinski definition) is 5. The van der Waals surface area contributed by atoms with E-state index in [9.17, 15) is 9.59 Å². The molecule has 1 atom stereocenters. The molecule has 7 heteroatoms. The molecule has 2 N–H and O–H groups in total. The van der Waals surface area contributed by atoms with Gasteiger partial charge in [-0.25, -0.2) is 4.79 Å². The second kappa shape index (κ2) is 6.65. The number of hydrogen-bond donors (Lipinski definition) is 1. The largest absolute Gasteiger partial charge is 0.444 e. The predicted molar refractivity (Wildman–Crippen MR) is 96.8 cm³/mol. The molecule has 2 heterocycles. The van der Waals surface area contributed by atoms with E-state index in [0.29, 0.717) is 24.6 Å². The van der Waals surface area contributed by atoms with Gasteiger partial charge >= 0.3 is 6.09 Å². The van der Waals surface area contributed by atoms with Gasteiger partial charge in [0.1, 0.15) is 11.7 Å². The summed E-state index contributed by atoms with van der Waals surface area (Å²) in [7, 11) is 0. The van der Waals surface area contributed by atoms with Crippen LogP contribution in [0.15, 0.2) is 24.3 Å². The SMILES string of the molecule is CC(C)(C)OC(=O)N1CCO[C@@H](c2c(C(N)=O)sc3ccccc23)C1. The minimum absolute atomic E-state index is 0.329. The zero-order chi connectivity index (χ0) is 18.2. The Morgan fingerprint density at radius 3 is 2.72 bits per heavy atom. The van der Waals surface area contributed by atoms with Gasteiger partial charge in [-0.15, -0.1) is 11.3 Å². The van der Waals surface area contributed by atoms with Gasteiger partial charge in [-0.2, -0.15) is 0 Å². The highest BCUT2D eigenvalue weighted by molar-refractivity contribution is 7.21. The second-order valence-electron chi connectivity index (χ2n) is 6.99. The molecule has 1 aromatic heterocycles. The lowest BCUT2D eigenvalue weighted by Crippen LogP contribution is -2.44. The van der Waals surface area contributed by atoms with E-state index in [-0.39, 0.29) is 6.09 Å². The Morgan fingerprint density at radius 2 is 2.04 bits per heavy atom. The summed E-state index contributed by atoms with van der Waals surface area (Å²) in [6.07, 6.45) is -0.777. The van der Waals surface area contributed by atoms with Crippen LogP contribution in [0.5, 0.6) is 0 Å². The third kappa shape index (κ3) is 3.77. The van der Waals surface area contributed by atoms with Crippen LogP contribution in [0.1, 0.15) is 42.1 Å². The smallest absolute Gasteiger partial charge is 0.410 e. The van der Waals surface area contributed by atoms with Crippen molar-refractivity contribution in [3.8, 4) is 0 Å². The summed E-state index contributed by atoms with van der Waals surface area (Å²) < 4.78 is 12.3. The zero-order valence-electron chi connectivity index (χ0n) is 14.6. The van der Waals surface area contributed by atoms with E-state index in [4.69, 9.17) is 15.2 Å². The quantitative estimate of drug-likeness (QED) is 0.888. The van der Waals surface area contributed by atoms with Crippen LogP contribution in [0.4, 0.5) is 4.79 Å². The first-order chi connectivity index (χ1) is 11.8. The lowest BCUT2D eigenvalue weighted by atomic mass is 10.0. The van der Waals surface area contributed by atoms with Gasteiger partial charge in [-0.1, -0.05) is 18.2 Å². The van der Waals surface area contributed by atoms with Gasteiger partial charge in [0.25, 0.3) is 5.91 Å². The molecule has 2 amide bonds. The monoisotopic (exact) mass is 362 g/mol. The molecule has 0 saturated carbocycles. The number of morpholine rings is 1. The molecule has 0 radical (unpaired) electrons. The second-order valence-corrected chi connectivity index (χ2v) is 8.04. The van der Waals surface area contributed by atoms with Gasteiger partial charge < -0.3 is 20.1 Å². The van der Waals surface area contributed by atoms with Crippen LogP contribution in [0.3, 0.4) is 0 Å². The number of thiophene rings is 1. The normalized spacial score (nSPS) is 18.4. The molecule has 0 bridgehead atoms. The van der Waals surface area contributed by atoms with E-state index in [2.05, 4.69) is 0 Å². The molecule has 2 aromatic rings. The van der Waals surface area contributed by atoms with Crippen molar-refractivity contribution >= 4 is 33.4 Å². The Bertz CT molecular complexity index is 809. The average Bonchev–Trinajstić information content (AvgIpc) is 2.93. The third-order valence-corrected chi connectivity index (χ3v) is 5.10. The van der Waals surface area contributed by atoms with E-state index >= 15 is 0 Å². The molecule has 25 heavy (non-hydrogen) atoms. The molecule has 0 spiro atoms. The minimum Gasteiger partial charge on any atom is -0.444 e. The molecule has 1 saturated heterocycles. The Morgan fingerprint density at radius 1 is 1.32 bits per heavy atom. The van der Waals surface area contributed by atoms with Gasteiger partial charge in [0.05, 0.1) is 18.0 Å². The van der Waals surface area contributed by atoms with Crippen molar-refractivity contribution in [2.24, 2.45) is 5.73 Å². The van der Waals surface area contributed by atoms with Crippen LogP contribution in [-0.2, 0) is 9.47 Å². The molecule has 6 nitrogen and oxygen atoms in total. The first-order valence-corrected chi connectivity index (χ1v) is 8.98. The van der Waals surface area contributed by atoms with Crippen LogP contribution in [0, 0.1) is 0 Å². The number of fused-ring (bicyclic) bond motifs is 1. The number of carbonyl (C=O) groups is 2. The maximum absolute atomic E-state index is 12.4. The van der Waals surface area contributed by atoms with Gasteiger partial charge in [-0.3, -0.25) is 4.79 Å². The highest BCUT2D eigenvalue weighted by Crippen LogP contribution is 2.38. The third-order valence-electron chi connectivity index (χ3n) is 3.90. The number of carbonyl (C=O) groups excluding carboxylic acids is 2. The molecular formula is C18H22N2O4S. The minimum atomic E-state index is -0.557. The maximum atomic E-state index is 12.4. The number of nitrogens with two attached hydrogens (primary N) is 1. The molecule has 1 fully saturated rings. The molecule has 1 aliphatic rings. The lowest BCUT2D eigenvalue weighted by Gasteiger charge is -2.34. The summed E-state index contributed by atoms with van der Waals surface area (Å²) in [4.78, 5) is 26.4. The standard InChI is InChI=1S/C18H22N2O4S/c1-18(2,3)24-17(22)20-8-9-23-12(10-20)14-11-6-4-5-7-13(11)25-15(14)16(19)21/h4-7,12H,8-10H2,1-3H3,(H2,19,21)/t12-/m1/s1. The van der Waals surface area contributed by atoms with Crippen molar-refractivity contribution in [2.75, 3.05) is 19.7 Å². The van der Waals surface area contributed by atoms with Gasteiger partial charge in [0.2, 0.25) is 0 Å². The predicted octanol–water partition coefficient (Wildman–Crippen LogP) is 3.31. The summed E-state index contributed by atoms with van der Waals surface area (Å²) >= 11 is 1.36. The number of rotatable bonds is 2. The Kier molecular flexibility index (Phi) is 4.71. The van der Waals surface area contributed by atoms with Crippen molar-refractivity contribution < 1.29 is 19.1 Å². The first-order valence-electron chi connectivity index (χ1n) is 8.17. The van der Waals surface area contributed by atoms with Crippen LogP contribution >= 0.6 is 11.3 Å². The summed E-state index contributed by atoms with van der Waals surface area (Å²) in [5, 5.41) is 0.942. The molecule has 0 aliphatic carbocycles. The summed E-state index contributed by atoms with van der Waals surface area (Å²) in [6.45, 7) is 6.67. The van der Waals surface area contributed by atoms with E-state index in [1.54, 1.807) is 4.90 Å². The molecule has 1 aromatic carbocycles. The Balaban J connectivity index is 1.91. The van der Waals surface area contributed by atoms with Gasteiger partial charge in [0.15, 0.2) is 0 Å². The van der Waals surface area contributed by atoms with Crippen LogP contribution < -0.4 is 5.73 Å².